The number of unbranched alkanes of at least 4 members (excludes halogenated alkanes) is 1. The molecule has 1 aromatic carbocycles. The van der Waals surface area contributed by atoms with E-state index in [1.807, 2.05) is 56.3 Å². The highest BCUT2D eigenvalue weighted by Gasteiger charge is 2.40. The maximum absolute atomic E-state index is 13.1. The number of aryl methyl sites for hydroxylation is 2. The maximum atomic E-state index is 13.1. The quantitative estimate of drug-likeness (QED) is 0.0482. The number of nitrogens with zero attached hydrogens (tertiary/aromatic N) is 1. The molecule has 0 radical (unpaired) electrons. The third-order valence-corrected chi connectivity index (χ3v) is 10.4. The highest BCUT2D eigenvalue weighted by atomic mass is 16.5. The molecule has 0 spiro atoms. The van der Waals surface area contributed by atoms with Crippen molar-refractivity contribution in [3.05, 3.63) is 71.1 Å². The number of allylic oxidation sites excluding steroid dienone is 2. The van der Waals surface area contributed by atoms with Crippen molar-refractivity contribution >= 4 is 17.9 Å². The Kier molecular flexibility index (Phi) is 19.7. The van der Waals surface area contributed by atoms with Crippen LogP contribution < -0.4 is 4.74 Å². The molecule has 1 aromatic heterocycles. The van der Waals surface area contributed by atoms with Crippen LogP contribution in [0, 0.1) is 55.3 Å². The highest BCUT2D eigenvalue weighted by molar-refractivity contribution is 5.74. The van der Waals surface area contributed by atoms with Gasteiger partial charge in [-0.15, -0.1) is 24.7 Å². The summed E-state index contributed by atoms with van der Waals surface area (Å²) in [5, 5.41) is 31.9. The lowest BCUT2D eigenvalue weighted by molar-refractivity contribution is -0.147. The second kappa shape index (κ2) is 24.1. The zero-order valence-corrected chi connectivity index (χ0v) is 32.7. The zero-order valence-electron chi connectivity index (χ0n) is 32.7. The fourth-order valence-corrected chi connectivity index (χ4v) is 6.87. The SMILES string of the molecule is C#CC(CC)CC(=O)OCc1ncc(C)c(OC(=O)CCC/C=C\C[C@@H]2[C@@H](CC[C@@H](O)CCc3ccccc3)[C@H](O)C[C@@H]2O)c1COC(=O)CC(C#C)CC. The van der Waals surface area contributed by atoms with Crippen LogP contribution in [0.5, 0.6) is 5.75 Å². The second-order valence-corrected chi connectivity index (χ2v) is 14.5. The minimum atomic E-state index is -0.617. The van der Waals surface area contributed by atoms with Gasteiger partial charge in [0.1, 0.15) is 19.0 Å². The molecular formula is C45H59NO9. The van der Waals surface area contributed by atoms with Crippen LogP contribution in [0.3, 0.4) is 0 Å². The number of carbonyl (C=O) groups is 3. The summed E-state index contributed by atoms with van der Waals surface area (Å²) in [4.78, 5) is 42.6. The van der Waals surface area contributed by atoms with Crippen LogP contribution in [0.2, 0.25) is 0 Å². The number of benzene rings is 1. The minimum Gasteiger partial charge on any atom is -0.461 e. The first kappa shape index (κ1) is 44.9. The molecule has 2 unspecified atom stereocenters. The van der Waals surface area contributed by atoms with Gasteiger partial charge in [-0.25, -0.2) is 0 Å². The van der Waals surface area contributed by atoms with Gasteiger partial charge in [0, 0.05) is 30.0 Å². The zero-order chi connectivity index (χ0) is 40.2. The van der Waals surface area contributed by atoms with Crippen LogP contribution in [0.25, 0.3) is 0 Å². The molecule has 1 aliphatic carbocycles. The molecule has 0 aliphatic heterocycles. The number of aromatic nitrogens is 1. The fourth-order valence-electron chi connectivity index (χ4n) is 6.87. The summed E-state index contributed by atoms with van der Waals surface area (Å²) in [7, 11) is 0. The molecular weight excluding hydrogens is 698 g/mol. The Morgan fingerprint density at radius 2 is 1.55 bits per heavy atom. The smallest absolute Gasteiger partial charge is 0.311 e. The number of aliphatic hydroxyl groups excluding tert-OH is 3. The van der Waals surface area contributed by atoms with Crippen LogP contribution in [0.15, 0.2) is 48.7 Å². The molecule has 10 nitrogen and oxygen atoms in total. The van der Waals surface area contributed by atoms with Crippen molar-refractivity contribution in [3.8, 4) is 30.4 Å². The van der Waals surface area contributed by atoms with Crippen LogP contribution in [0.1, 0.15) is 113 Å². The maximum Gasteiger partial charge on any atom is 0.311 e. The van der Waals surface area contributed by atoms with Crippen molar-refractivity contribution in [3.63, 3.8) is 0 Å². The Balaban J connectivity index is 1.55. The van der Waals surface area contributed by atoms with Gasteiger partial charge >= 0.3 is 17.9 Å². The van der Waals surface area contributed by atoms with Gasteiger partial charge in [-0.1, -0.05) is 56.3 Å². The summed E-state index contributed by atoms with van der Waals surface area (Å²) in [6, 6.07) is 10.0. The van der Waals surface area contributed by atoms with E-state index in [2.05, 4.69) is 16.8 Å². The molecule has 1 aliphatic rings. The van der Waals surface area contributed by atoms with Gasteiger partial charge in [0.15, 0.2) is 0 Å². The van der Waals surface area contributed by atoms with Gasteiger partial charge in [0.05, 0.1) is 42.4 Å². The summed E-state index contributed by atoms with van der Waals surface area (Å²) >= 11 is 0. The van der Waals surface area contributed by atoms with Gasteiger partial charge < -0.3 is 29.5 Å². The lowest BCUT2D eigenvalue weighted by Crippen LogP contribution is -2.23. The molecule has 0 saturated heterocycles. The van der Waals surface area contributed by atoms with Crippen molar-refractivity contribution in [1.29, 1.82) is 0 Å². The molecule has 55 heavy (non-hydrogen) atoms. The molecule has 2 aromatic rings. The Bertz CT molecular complexity index is 1630. The molecule has 1 heterocycles. The standard InChI is InChI=1S/C45H59NO9/c1-6-32(7-2)25-43(51)53-29-38-39(30-54-44(52)26-33(8-3)9-4)46-28-31(5)45(38)55-42(50)20-16-11-10-15-19-36-37(41(49)27-40(36)48)24-23-35(47)22-21-34-17-13-12-14-18-34/h1,3,10,12-15,17-18,28,32-33,35-37,40-41,47-49H,7,9,11,16,19-27,29-30H2,2,4-5H3/b15-10-/t32?,33?,35-,36+,37+,40-,41+/m0/s1. The molecule has 7 atom stereocenters. The van der Waals surface area contributed by atoms with Gasteiger partial charge in [-0.3, -0.25) is 19.4 Å². The molecule has 0 bridgehead atoms. The molecule has 1 fully saturated rings. The lowest BCUT2D eigenvalue weighted by atomic mass is 9.85. The van der Waals surface area contributed by atoms with Gasteiger partial charge in [-0.05, 0) is 88.5 Å². The molecule has 3 N–H and O–H groups in total. The van der Waals surface area contributed by atoms with Gasteiger partial charge in [0.2, 0.25) is 0 Å². The van der Waals surface area contributed by atoms with E-state index in [1.165, 1.54) is 11.8 Å². The molecule has 1 saturated carbocycles. The third kappa shape index (κ3) is 15.3. The first-order chi connectivity index (χ1) is 26.5. The van der Waals surface area contributed by atoms with Crippen molar-refractivity contribution in [1.82, 2.24) is 4.98 Å². The summed E-state index contributed by atoms with van der Waals surface area (Å²) in [5.41, 5.74) is 2.33. The largest absolute Gasteiger partial charge is 0.461 e. The number of carbonyl (C=O) groups excluding carboxylic acids is 3. The number of hydrogen-bond acceptors (Lipinski definition) is 10. The summed E-state index contributed by atoms with van der Waals surface area (Å²) in [5.74, 6) is 3.10. The average Bonchev–Trinajstić information content (AvgIpc) is 3.45. The van der Waals surface area contributed by atoms with E-state index in [1.54, 1.807) is 6.92 Å². The average molecular weight is 758 g/mol. The van der Waals surface area contributed by atoms with E-state index in [-0.39, 0.29) is 67.6 Å². The van der Waals surface area contributed by atoms with E-state index in [0.29, 0.717) is 68.9 Å². The van der Waals surface area contributed by atoms with Crippen LogP contribution in [0.4, 0.5) is 0 Å². The number of terminal acetylenes is 2. The number of hydrogen-bond donors (Lipinski definition) is 3. The van der Waals surface area contributed by atoms with Gasteiger partial charge in [0.25, 0.3) is 0 Å². The van der Waals surface area contributed by atoms with Crippen molar-refractivity contribution in [2.45, 2.75) is 136 Å². The molecule has 0 amide bonds. The van der Waals surface area contributed by atoms with E-state index < -0.39 is 36.2 Å². The first-order valence-corrected chi connectivity index (χ1v) is 19.6. The number of esters is 3. The van der Waals surface area contributed by atoms with Crippen molar-refractivity contribution in [2.24, 2.45) is 23.7 Å². The van der Waals surface area contributed by atoms with E-state index in [0.717, 1.165) is 6.42 Å². The highest BCUT2D eigenvalue weighted by Crippen LogP contribution is 2.38. The normalized spacial score (nSPS) is 19.6. The topological polar surface area (TPSA) is 152 Å². The van der Waals surface area contributed by atoms with Crippen molar-refractivity contribution in [2.75, 3.05) is 0 Å². The van der Waals surface area contributed by atoms with E-state index in [4.69, 9.17) is 27.1 Å². The molecule has 10 heteroatoms. The Labute approximate surface area is 327 Å². The van der Waals surface area contributed by atoms with Crippen molar-refractivity contribution < 1.29 is 43.9 Å². The third-order valence-electron chi connectivity index (χ3n) is 10.4. The fraction of sp³-hybridized carbons (Fsp3) is 0.556. The second-order valence-electron chi connectivity index (χ2n) is 14.5. The summed E-state index contributed by atoms with van der Waals surface area (Å²) in [6.07, 6.45) is 20.8. The van der Waals surface area contributed by atoms with Crippen LogP contribution in [-0.2, 0) is 43.5 Å². The van der Waals surface area contributed by atoms with Gasteiger partial charge in [-0.2, -0.15) is 0 Å². The number of rotatable bonds is 23. The summed E-state index contributed by atoms with van der Waals surface area (Å²) < 4.78 is 16.8. The predicted molar refractivity (Wildman–Crippen MR) is 210 cm³/mol. The van der Waals surface area contributed by atoms with E-state index >= 15 is 0 Å². The minimum absolute atomic E-state index is 0.0307. The predicted octanol–water partition coefficient (Wildman–Crippen LogP) is 6.73. The lowest BCUT2D eigenvalue weighted by Gasteiger charge is -2.23. The Morgan fingerprint density at radius 1 is 0.909 bits per heavy atom. The Hall–Kier alpha value is -4.48. The summed E-state index contributed by atoms with van der Waals surface area (Å²) in [6.45, 7) is 5.00. The number of aliphatic hydroxyl groups is 3. The number of ether oxygens (including phenoxy) is 3. The molecule has 298 valence electrons. The number of pyridine rings is 1. The van der Waals surface area contributed by atoms with Crippen LogP contribution in [-0.4, -0.2) is 56.5 Å². The van der Waals surface area contributed by atoms with Crippen LogP contribution >= 0.6 is 0 Å². The Morgan fingerprint density at radius 3 is 2.18 bits per heavy atom. The monoisotopic (exact) mass is 757 g/mol. The molecule has 3 rings (SSSR count). The first-order valence-electron chi connectivity index (χ1n) is 19.6. The van der Waals surface area contributed by atoms with E-state index in [9.17, 15) is 29.7 Å².